The molecule has 37 heavy (non-hydrogen) atoms. The van der Waals surface area contributed by atoms with Gasteiger partial charge in [0.05, 0.1) is 35.3 Å². The molecule has 1 saturated carbocycles. The van der Waals surface area contributed by atoms with E-state index in [1.165, 1.54) is 7.11 Å². The third-order valence-electron chi connectivity index (χ3n) is 8.34. The van der Waals surface area contributed by atoms with E-state index in [-0.39, 0.29) is 29.5 Å². The number of H-pyrrole nitrogens is 1. The Morgan fingerprint density at radius 3 is 2.49 bits per heavy atom. The average Bonchev–Trinajstić information content (AvgIpc) is 3.42. The number of fused-ring (bicyclic) bond motifs is 2. The van der Waals surface area contributed by atoms with Crippen LogP contribution in [-0.2, 0) is 18.8 Å². The molecular weight excluding hydrogens is 475 g/mol. The fourth-order valence-corrected chi connectivity index (χ4v) is 5.34. The van der Waals surface area contributed by atoms with Crippen molar-refractivity contribution >= 4 is 35.5 Å². The van der Waals surface area contributed by atoms with Crippen molar-refractivity contribution < 1.29 is 23.6 Å². The number of methoxy groups -OCH3 is 1. The Hall–Kier alpha value is -2.92. The Bertz CT molecular complexity index is 1290. The van der Waals surface area contributed by atoms with Crippen LogP contribution in [0.15, 0.2) is 23.0 Å². The van der Waals surface area contributed by atoms with Crippen LogP contribution in [0.2, 0.25) is 0 Å². The van der Waals surface area contributed by atoms with Gasteiger partial charge in [-0.15, -0.1) is 0 Å². The number of likely N-dealkylation sites (tertiary alicyclic amines) is 1. The van der Waals surface area contributed by atoms with Crippen molar-refractivity contribution in [1.82, 2.24) is 20.2 Å². The minimum Gasteiger partial charge on any atom is -0.453 e. The molecule has 2 saturated heterocycles. The lowest BCUT2D eigenvalue weighted by Crippen LogP contribution is -2.52. The van der Waals surface area contributed by atoms with E-state index in [4.69, 9.17) is 19.0 Å². The number of rotatable bonds is 5. The highest BCUT2D eigenvalue weighted by atomic mass is 16.7. The lowest BCUT2D eigenvalue weighted by atomic mass is 9.78. The van der Waals surface area contributed by atoms with Crippen LogP contribution in [0.5, 0.6) is 0 Å². The second kappa shape index (κ2) is 8.84. The van der Waals surface area contributed by atoms with Gasteiger partial charge in [-0.2, -0.15) is 0 Å². The molecule has 198 valence electrons. The van der Waals surface area contributed by atoms with Crippen molar-refractivity contribution in [2.75, 3.05) is 7.11 Å². The quantitative estimate of drug-likeness (QED) is 0.592. The van der Waals surface area contributed by atoms with Crippen molar-refractivity contribution in [2.45, 2.75) is 83.7 Å². The summed E-state index contributed by atoms with van der Waals surface area (Å²) < 4.78 is 17.0. The molecule has 4 atom stereocenters. The first-order chi connectivity index (χ1) is 17.3. The standard InChI is InChI=1S/C26H35BN4O6/c1-13(2)20(29-24(34)35-7)23(33)31-18-10-14(18)11-19(31)21-28-17-9-8-15(12-16(17)22(32)30-21)27-36-25(3,4)26(5,6)37-27/h8-9,12-14,18-20H,10-11H2,1-7H3,(H,29,34)(H,28,30,32)/t14?,18?,19-,20-/m0/s1. The van der Waals surface area contributed by atoms with E-state index in [1.807, 2.05) is 47.6 Å². The second-order valence-corrected chi connectivity index (χ2v) is 11.7. The first kappa shape index (κ1) is 25.7. The van der Waals surface area contributed by atoms with E-state index in [9.17, 15) is 14.4 Å². The van der Waals surface area contributed by atoms with Gasteiger partial charge in [0.2, 0.25) is 5.91 Å². The van der Waals surface area contributed by atoms with Gasteiger partial charge in [0.15, 0.2) is 0 Å². The molecule has 2 aromatic rings. The molecule has 2 N–H and O–H groups in total. The summed E-state index contributed by atoms with van der Waals surface area (Å²) in [7, 11) is 0.688. The first-order valence-corrected chi connectivity index (χ1v) is 12.9. The van der Waals surface area contributed by atoms with Crippen molar-refractivity contribution in [3.05, 3.63) is 34.4 Å². The van der Waals surface area contributed by atoms with Gasteiger partial charge in [-0.25, -0.2) is 9.78 Å². The van der Waals surface area contributed by atoms with Crippen LogP contribution in [-0.4, -0.2) is 64.4 Å². The topological polar surface area (TPSA) is 123 Å². The molecule has 1 aromatic heterocycles. The van der Waals surface area contributed by atoms with Crippen LogP contribution in [0.1, 0.15) is 66.3 Å². The minimum absolute atomic E-state index is 0.0879. The summed E-state index contributed by atoms with van der Waals surface area (Å²) in [5.74, 6) is 0.505. The number of amides is 2. The van der Waals surface area contributed by atoms with Crippen molar-refractivity contribution in [1.29, 1.82) is 0 Å². The highest BCUT2D eigenvalue weighted by molar-refractivity contribution is 6.62. The molecule has 0 radical (unpaired) electrons. The van der Waals surface area contributed by atoms with Gasteiger partial charge in [-0.1, -0.05) is 19.9 Å². The third kappa shape index (κ3) is 4.42. The van der Waals surface area contributed by atoms with Gasteiger partial charge < -0.3 is 29.2 Å². The molecule has 3 heterocycles. The molecule has 10 nitrogen and oxygen atoms in total. The SMILES string of the molecule is COC(=O)N[C@H](C(=O)N1C2CC2C[C@H]1c1nc2ccc(B3OC(C)(C)C(C)(C)O3)cc2c(=O)[nH]1)C(C)C. The monoisotopic (exact) mass is 510 g/mol. The lowest BCUT2D eigenvalue weighted by Gasteiger charge is -2.32. The maximum Gasteiger partial charge on any atom is 0.494 e. The molecule has 0 spiro atoms. The Balaban J connectivity index is 1.44. The summed E-state index contributed by atoms with van der Waals surface area (Å²) in [6, 6.07) is 4.42. The normalized spacial score (nSPS) is 26.3. The highest BCUT2D eigenvalue weighted by Gasteiger charge is 2.56. The largest absolute Gasteiger partial charge is 0.494 e. The molecule has 2 aliphatic heterocycles. The molecule has 0 bridgehead atoms. The number of piperidine rings is 1. The number of nitrogens with one attached hydrogen (secondary N) is 2. The van der Waals surface area contributed by atoms with Gasteiger partial charge in [0.25, 0.3) is 5.56 Å². The van der Waals surface area contributed by atoms with E-state index >= 15 is 0 Å². The third-order valence-corrected chi connectivity index (χ3v) is 8.34. The van der Waals surface area contributed by atoms with Crippen LogP contribution in [0, 0.1) is 11.8 Å². The van der Waals surface area contributed by atoms with Gasteiger partial charge in [0, 0.05) is 6.04 Å². The Labute approximate surface area is 216 Å². The van der Waals surface area contributed by atoms with E-state index in [1.54, 1.807) is 17.0 Å². The maximum absolute atomic E-state index is 13.6. The van der Waals surface area contributed by atoms with Crippen molar-refractivity contribution in [3.8, 4) is 0 Å². The molecule has 2 unspecified atom stereocenters. The molecule has 5 rings (SSSR count). The molecule has 2 amide bonds. The van der Waals surface area contributed by atoms with Crippen LogP contribution in [0.3, 0.4) is 0 Å². The zero-order chi connectivity index (χ0) is 26.9. The highest BCUT2D eigenvalue weighted by Crippen LogP contribution is 2.53. The number of carbonyl (C=O) groups excluding carboxylic acids is 2. The molecule has 1 aromatic carbocycles. The smallest absolute Gasteiger partial charge is 0.453 e. The second-order valence-electron chi connectivity index (χ2n) is 11.7. The Morgan fingerprint density at radius 1 is 1.19 bits per heavy atom. The predicted molar refractivity (Wildman–Crippen MR) is 138 cm³/mol. The van der Waals surface area contributed by atoms with E-state index in [2.05, 4.69) is 10.3 Å². The zero-order valence-electron chi connectivity index (χ0n) is 22.5. The van der Waals surface area contributed by atoms with Gasteiger partial charge in [-0.3, -0.25) is 9.59 Å². The number of aromatic nitrogens is 2. The maximum atomic E-state index is 13.6. The number of benzene rings is 1. The summed E-state index contributed by atoms with van der Waals surface area (Å²) >= 11 is 0. The number of alkyl carbamates (subject to hydrolysis) is 1. The number of carbonyl (C=O) groups is 2. The minimum atomic E-state index is -0.732. The fraction of sp³-hybridized carbons (Fsp3) is 0.615. The predicted octanol–water partition coefficient (Wildman–Crippen LogP) is 2.26. The summed E-state index contributed by atoms with van der Waals surface area (Å²) in [5, 5.41) is 3.11. The van der Waals surface area contributed by atoms with Crippen molar-refractivity contribution in [3.63, 3.8) is 0 Å². The van der Waals surface area contributed by atoms with Gasteiger partial charge in [0.1, 0.15) is 11.9 Å². The molecule has 1 aliphatic carbocycles. The van der Waals surface area contributed by atoms with Crippen LogP contribution >= 0.6 is 0 Å². The Morgan fingerprint density at radius 2 is 1.86 bits per heavy atom. The molecule has 3 fully saturated rings. The Kier molecular flexibility index (Phi) is 6.14. The summed E-state index contributed by atoms with van der Waals surface area (Å²) in [4.78, 5) is 48.2. The van der Waals surface area contributed by atoms with Gasteiger partial charge in [-0.05, 0) is 70.0 Å². The summed E-state index contributed by atoms with van der Waals surface area (Å²) in [6.07, 6.45) is 0.991. The summed E-state index contributed by atoms with van der Waals surface area (Å²) in [5.41, 5.74) is 0.0342. The van der Waals surface area contributed by atoms with E-state index in [0.29, 0.717) is 22.6 Å². The summed E-state index contributed by atoms with van der Waals surface area (Å²) in [6.45, 7) is 11.7. The number of aromatic amines is 1. The molecular formula is C26H35BN4O6. The van der Waals surface area contributed by atoms with E-state index in [0.717, 1.165) is 18.3 Å². The first-order valence-electron chi connectivity index (χ1n) is 12.9. The zero-order valence-corrected chi connectivity index (χ0v) is 22.5. The van der Waals surface area contributed by atoms with Crippen LogP contribution in [0.25, 0.3) is 10.9 Å². The average molecular weight is 510 g/mol. The fourth-order valence-electron chi connectivity index (χ4n) is 5.34. The number of nitrogens with zero attached hydrogens (tertiary/aromatic N) is 2. The van der Waals surface area contributed by atoms with E-state index < -0.39 is 30.5 Å². The van der Waals surface area contributed by atoms with Crippen molar-refractivity contribution in [2.24, 2.45) is 11.8 Å². The molecule has 3 aliphatic rings. The van der Waals surface area contributed by atoms with Gasteiger partial charge >= 0.3 is 13.2 Å². The lowest BCUT2D eigenvalue weighted by molar-refractivity contribution is -0.136. The van der Waals surface area contributed by atoms with Crippen LogP contribution < -0.4 is 16.3 Å². The number of hydrogen-bond donors (Lipinski definition) is 2. The number of hydrogen-bond acceptors (Lipinski definition) is 7. The molecule has 11 heteroatoms. The van der Waals surface area contributed by atoms with Crippen LogP contribution in [0.4, 0.5) is 4.79 Å². The number of ether oxygens (including phenoxy) is 1.